The van der Waals surface area contributed by atoms with Crippen molar-refractivity contribution in [2.24, 2.45) is 0 Å². The normalized spacial score (nSPS) is 10.4. The van der Waals surface area contributed by atoms with Gasteiger partial charge in [0.1, 0.15) is 17.0 Å². The molecule has 0 spiro atoms. The number of rotatable bonds is 6. The van der Waals surface area contributed by atoms with Gasteiger partial charge in [-0.25, -0.2) is 4.79 Å². The average Bonchev–Trinajstić information content (AvgIpc) is 2.95. The van der Waals surface area contributed by atoms with Crippen LogP contribution >= 0.6 is 0 Å². The number of nitro benzene ring substituents is 1. The van der Waals surface area contributed by atoms with E-state index in [-0.39, 0.29) is 16.9 Å². The molecule has 0 atom stereocenters. The summed E-state index contributed by atoms with van der Waals surface area (Å²) in [6, 6.07) is 4.43. The number of benzene rings is 1. The van der Waals surface area contributed by atoms with Gasteiger partial charge < -0.3 is 14.6 Å². The second-order valence-electron chi connectivity index (χ2n) is 5.26. The van der Waals surface area contributed by atoms with E-state index in [0.717, 1.165) is 0 Å². The molecule has 1 N–H and O–H groups in total. The molecular weight excluding hydrogens is 330 g/mol. The van der Waals surface area contributed by atoms with Crippen LogP contribution in [0.3, 0.4) is 0 Å². The molecule has 0 aliphatic carbocycles. The number of nitrogens with zero attached hydrogens (tertiary/aromatic N) is 2. The molecule has 0 saturated carbocycles. The van der Waals surface area contributed by atoms with E-state index >= 15 is 0 Å². The summed E-state index contributed by atoms with van der Waals surface area (Å²) in [7, 11) is 0. The minimum atomic E-state index is -0.731. The first-order chi connectivity index (χ1) is 11.8. The lowest BCUT2D eigenvalue weighted by molar-refractivity contribution is -0.384. The van der Waals surface area contributed by atoms with E-state index in [1.165, 1.54) is 12.1 Å². The summed E-state index contributed by atoms with van der Waals surface area (Å²) in [6.45, 7) is 4.42. The van der Waals surface area contributed by atoms with Gasteiger partial charge in [-0.1, -0.05) is 24.2 Å². The van der Waals surface area contributed by atoms with Crippen LogP contribution in [0.5, 0.6) is 0 Å². The van der Waals surface area contributed by atoms with Gasteiger partial charge >= 0.3 is 5.97 Å². The van der Waals surface area contributed by atoms with E-state index in [0.29, 0.717) is 23.4 Å². The van der Waals surface area contributed by atoms with Crippen molar-refractivity contribution in [1.29, 1.82) is 0 Å². The molecule has 0 radical (unpaired) electrons. The SMILES string of the molecule is CCc1noc(C)c1C(=O)OCC(=O)Nc1c(C)cccc1[N+](=O)[O-]. The molecule has 0 aliphatic rings. The van der Waals surface area contributed by atoms with E-state index < -0.39 is 23.4 Å². The van der Waals surface area contributed by atoms with E-state index in [9.17, 15) is 19.7 Å². The highest BCUT2D eigenvalue weighted by molar-refractivity contribution is 5.98. The van der Waals surface area contributed by atoms with Gasteiger partial charge in [0.05, 0.1) is 10.6 Å². The maximum atomic E-state index is 12.1. The Morgan fingerprint density at radius 2 is 2.08 bits per heavy atom. The zero-order chi connectivity index (χ0) is 18.6. The third-order valence-corrected chi connectivity index (χ3v) is 3.52. The molecule has 9 nitrogen and oxygen atoms in total. The smallest absolute Gasteiger partial charge is 0.344 e. The lowest BCUT2D eigenvalue weighted by Gasteiger charge is -2.09. The highest BCUT2D eigenvalue weighted by Gasteiger charge is 2.22. The molecule has 0 fully saturated rings. The molecular formula is C16H17N3O6. The van der Waals surface area contributed by atoms with E-state index in [2.05, 4.69) is 10.5 Å². The van der Waals surface area contributed by atoms with Gasteiger partial charge in [0.2, 0.25) is 0 Å². The number of anilines is 1. The third-order valence-electron chi connectivity index (χ3n) is 3.52. The van der Waals surface area contributed by atoms with Crippen molar-refractivity contribution in [3.63, 3.8) is 0 Å². The van der Waals surface area contributed by atoms with E-state index in [4.69, 9.17) is 9.26 Å². The molecule has 2 rings (SSSR count). The van der Waals surface area contributed by atoms with Crippen molar-refractivity contribution in [3.05, 3.63) is 50.9 Å². The number of ether oxygens (including phenoxy) is 1. The first kappa shape index (κ1) is 18.1. The summed E-state index contributed by atoms with van der Waals surface area (Å²) in [5, 5.41) is 17.2. The summed E-state index contributed by atoms with van der Waals surface area (Å²) >= 11 is 0. The zero-order valence-corrected chi connectivity index (χ0v) is 14.0. The molecule has 2 aromatic rings. The summed E-state index contributed by atoms with van der Waals surface area (Å²) in [5.74, 6) is -1.11. The Morgan fingerprint density at radius 3 is 2.72 bits per heavy atom. The fraction of sp³-hybridized carbons (Fsp3) is 0.312. The van der Waals surface area contributed by atoms with Crippen LogP contribution in [0.25, 0.3) is 0 Å². The Labute approximate surface area is 143 Å². The summed E-state index contributed by atoms with van der Waals surface area (Å²) in [6.07, 6.45) is 0.476. The molecule has 0 aliphatic heterocycles. The van der Waals surface area contributed by atoms with Crippen molar-refractivity contribution < 1.29 is 23.8 Å². The lowest BCUT2D eigenvalue weighted by atomic mass is 10.1. The molecule has 1 aromatic heterocycles. The summed E-state index contributed by atoms with van der Waals surface area (Å²) in [5.41, 5.74) is 0.999. The monoisotopic (exact) mass is 347 g/mol. The van der Waals surface area contributed by atoms with Crippen LogP contribution in [0.4, 0.5) is 11.4 Å². The van der Waals surface area contributed by atoms with E-state index in [1.807, 2.05) is 0 Å². The molecule has 25 heavy (non-hydrogen) atoms. The molecule has 0 unspecified atom stereocenters. The first-order valence-electron chi connectivity index (χ1n) is 7.51. The number of carbonyl (C=O) groups is 2. The van der Waals surface area contributed by atoms with Gasteiger partial charge in [-0.05, 0) is 25.8 Å². The maximum Gasteiger partial charge on any atom is 0.344 e. The van der Waals surface area contributed by atoms with Crippen LogP contribution in [0.1, 0.15) is 34.3 Å². The van der Waals surface area contributed by atoms with Gasteiger partial charge in [0.15, 0.2) is 6.61 Å². The Bertz CT molecular complexity index is 827. The molecule has 1 heterocycles. The Morgan fingerprint density at radius 1 is 1.36 bits per heavy atom. The minimum Gasteiger partial charge on any atom is -0.452 e. The molecule has 1 amide bonds. The van der Waals surface area contributed by atoms with Crippen LogP contribution in [0.15, 0.2) is 22.7 Å². The highest BCUT2D eigenvalue weighted by Crippen LogP contribution is 2.27. The summed E-state index contributed by atoms with van der Waals surface area (Å²) in [4.78, 5) is 34.5. The summed E-state index contributed by atoms with van der Waals surface area (Å²) < 4.78 is 9.90. The van der Waals surface area contributed by atoms with Crippen molar-refractivity contribution in [3.8, 4) is 0 Å². The number of carbonyl (C=O) groups excluding carboxylic acids is 2. The minimum absolute atomic E-state index is 0.0731. The van der Waals surface area contributed by atoms with Crippen molar-refractivity contribution >= 4 is 23.3 Å². The number of amides is 1. The molecule has 9 heteroatoms. The number of aryl methyl sites for hydroxylation is 3. The maximum absolute atomic E-state index is 12.1. The second kappa shape index (κ2) is 7.56. The third kappa shape index (κ3) is 4.00. The number of para-hydroxylation sites is 1. The van der Waals surface area contributed by atoms with Crippen molar-refractivity contribution in [2.45, 2.75) is 27.2 Å². The standard InChI is InChI=1S/C16H17N3O6/c1-4-11-14(10(3)25-18-11)16(21)24-8-13(20)17-15-9(2)6-5-7-12(15)19(22)23/h5-7H,4,8H2,1-3H3,(H,17,20). The van der Waals surface area contributed by atoms with Crippen molar-refractivity contribution in [2.75, 3.05) is 11.9 Å². The fourth-order valence-electron chi connectivity index (χ4n) is 2.27. The van der Waals surface area contributed by atoms with Crippen molar-refractivity contribution in [1.82, 2.24) is 5.16 Å². The number of nitrogens with one attached hydrogen (secondary N) is 1. The quantitative estimate of drug-likeness (QED) is 0.483. The first-order valence-corrected chi connectivity index (χ1v) is 7.51. The fourth-order valence-corrected chi connectivity index (χ4v) is 2.27. The largest absolute Gasteiger partial charge is 0.452 e. The van der Waals surface area contributed by atoms with Gasteiger partial charge in [0.25, 0.3) is 11.6 Å². The number of esters is 1. The van der Waals surface area contributed by atoms with Crippen LogP contribution in [0, 0.1) is 24.0 Å². The number of hydrogen-bond acceptors (Lipinski definition) is 7. The van der Waals surface area contributed by atoms with Gasteiger partial charge in [-0.3, -0.25) is 14.9 Å². The Kier molecular flexibility index (Phi) is 5.48. The van der Waals surface area contributed by atoms with E-state index in [1.54, 1.807) is 26.8 Å². The zero-order valence-electron chi connectivity index (χ0n) is 14.0. The number of hydrogen-bond donors (Lipinski definition) is 1. The topological polar surface area (TPSA) is 125 Å². The van der Waals surface area contributed by atoms with Crippen LogP contribution in [-0.2, 0) is 16.0 Å². The van der Waals surface area contributed by atoms with Gasteiger partial charge in [-0.2, -0.15) is 0 Å². The van der Waals surface area contributed by atoms with Crippen LogP contribution in [0.2, 0.25) is 0 Å². The van der Waals surface area contributed by atoms with Crippen LogP contribution in [-0.4, -0.2) is 28.6 Å². The van der Waals surface area contributed by atoms with Crippen LogP contribution < -0.4 is 5.32 Å². The molecule has 1 aromatic carbocycles. The second-order valence-corrected chi connectivity index (χ2v) is 5.26. The molecule has 0 bridgehead atoms. The predicted molar refractivity (Wildman–Crippen MR) is 87.4 cm³/mol. The number of nitro groups is 1. The molecule has 0 saturated heterocycles. The molecule has 132 valence electrons. The predicted octanol–water partition coefficient (Wildman–Crippen LogP) is 2.56. The lowest BCUT2D eigenvalue weighted by Crippen LogP contribution is -2.22. The number of aromatic nitrogens is 1. The Hall–Kier alpha value is -3.23. The Balaban J connectivity index is 2.06. The van der Waals surface area contributed by atoms with Gasteiger partial charge in [-0.15, -0.1) is 0 Å². The average molecular weight is 347 g/mol. The highest BCUT2D eigenvalue weighted by atomic mass is 16.6. The van der Waals surface area contributed by atoms with Gasteiger partial charge in [0, 0.05) is 6.07 Å².